The van der Waals surface area contributed by atoms with Crippen molar-refractivity contribution >= 4 is 23.4 Å². The maximum Gasteiger partial charge on any atom is 0.418 e. The molecule has 1 aliphatic carbocycles. The van der Waals surface area contributed by atoms with Crippen molar-refractivity contribution in [2.45, 2.75) is 32.6 Å². The van der Waals surface area contributed by atoms with E-state index in [0.717, 1.165) is 31.2 Å². The second kappa shape index (κ2) is 10.9. The highest BCUT2D eigenvalue weighted by molar-refractivity contribution is 5.96. The largest absolute Gasteiger partial charge is 0.480 e. The summed E-state index contributed by atoms with van der Waals surface area (Å²) in [6.45, 7) is 2.39. The maximum absolute atomic E-state index is 13.8. The van der Waals surface area contributed by atoms with Gasteiger partial charge in [0.15, 0.2) is 0 Å². The van der Waals surface area contributed by atoms with Crippen LogP contribution in [0.2, 0.25) is 0 Å². The van der Waals surface area contributed by atoms with Crippen LogP contribution < -0.4 is 4.90 Å². The number of anilines is 2. The number of carbonyl (C=O) groups is 2. The van der Waals surface area contributed by atoms with Crippen LogP contribution in [0.25, 0.3) is 0 Å². The van der Waals surface area contributed by atoms with Crippen LogP contribution in [0.5, 0.6) is 0 Å². The number of benzene rings is 2. The van der Waals surface area contributed by atoms with Crippen molar-refractivity contribution < 1.29 is 28.6 Å². The lowest BCUT2D eigenvalue weighted by Gasteiger charge is -2.29. The van der Waals surface area contributed by atoms with Gasteiger partial charge in [-0.1, -0.05) is 18.2 Å². The minimum atomic E-state index is -0.961. The summed E-state index contributed by atoms with van der Waals surface area (Å²) < 4.78 is 24.6. The molecule has 0 radical (unpaired) electrons. The Balaban J connectivity index is 1.58. The number of carboxylic acids is 1. The first-order valence-electron chi connectivity index (χ1n) is 10.5. The molecule has 2 aromatic rings. The molecule has 3 rings (SSSR count). The number of rotatable bonds is 8. The number of ether oxygens (including phenoxy) is 2. The van der Waals surface area contributed by atoms with Gasteiger partial charge in [0, 0.05) is 0 Å². The van der Waals surface area contributed by atoms with Crippen LogP contribution in [-0.2, 0) is 14.3 Å². The summed E-state index contributed by atoms with van der Waals surface area (Å²) in [5.41, 5.74) is 2.01. The fourth-order valence-electron chi connectivity index (χ4n) is 3.87. The van der Waals surface area contributed by atoms with Crippen LogP contribution in [0.15, 0.2) is 48.5 Å². The van der Waals surface area contributed by atoms with Crippen LogP contribution in [0, 0.1) is 24.6 Å². The fraction of sp³-hybridized carbons (Fsp3) is 0.417. The third kappa shape index (κ3) is 6.79. The van der Waals surface area contributed by atoms with Crippen molar-refractivity contribution in [3.63, 3.8) is 0 Å². The molecule has 0 aliphatic heterocycles. The third-order valence-corrected chi connectivity index (χ3v) is 5.50. The van der Waals surface area contributed by atoms with Gasteiger partial charge in [-0.3, -0.25) is 0 Å². The number of halogens is 1. The summed E-state index contributed by atoms with van der Waals surface area (Å²) in [6, 6.07) is 13.3. The van der Waals surface area contributed by atoms with Gasteiger partial charge in [-0.25, -0.2) is 18.9 Å². The van der Waals surface area contributed by atoms with E-state index in [1.807, 2.05) is 25.1 Å². The van der Waals surface area contributed by atoms with E-state index in [1.165, 1.54) is 17.0 Å². The molecule has 2 aromatic carbocycles. The van der Waals surface area contributed by atoms with E-state index < -0.39 is 17.9 Å². The molecule has 0 spiro atoms. The van der Waals surface area contributed by atoms with E-state index in [4.69, 9.17) is 14.6 Å². The van der Waals surface area contributed by atoms with Gasteiger partial charge < -0.3 is 14.6 Å². The Hall–Kier alpha value is -2.93. The maximum atomic E-state index is 13.8. The topological polar surface area (TPSA) is 76.1 Å². The van der Waals surface area contributed by atoms with Gasteiger partial charge in [0.1, 0.15) is 12.4 Å². The zero-order chi connectivity index (χ0) is 22.2. The summed E-state index contributed by atoms with van der Waals surface area (Å²) in [7, 11) is 0. The Labute approximate surface area is 181 Å². The van der Waals surface area contributed by atoms with Crippen molar-refractivity contribution in [3.8, 4) is 0 Å². The molecule has 1 saturated carbocycles. The van der Waals surface area contributed by atoms with Crippen molar-refractivity contribution in [2.75, 3.05) is 24.7 Å². The molecule has 0 heterocycles. The van der Waals surface area contributed by atoms with Gasteiger partial charge in [0.25, 0.3) is 0 Å². The average Bonchev–Trinajstić information content (AvgIpc) is 2.73. The van der Waals surface area contributed by atoms with Crippen molar-refractivity contribution in [2.24, 2.45) is 11.8 Å². The Morgan fingerprint density at radius 1 is 1.00 bits per heavy atom. The lowest BCUT2D eigenvalue weighted by atomic mass is 9.83. The highest BCUT2D eigenvalue weighted by atomic mass is 19.1. The molecule has 1 amide bonds. The number of aryl methyl sites for hydroxylation is 1. The quantitative estimate of drug-likeness (QED) is 0.615. The molecule has 0 aromatic heterocycles. The Bertz CT molecular complexity index is 850. The van der Waals surface area contributed by atoms with Crippen LogP contribution in [0.3, 0.4) is 0 Å². The van der Waals surface area contributed by atoms with E-state index >= 15 is 0 Å². The van der Waals surface area contributed by atoms with Gasteiger partial charge in [0.05, 0.1) is 24.6 Å². The van der Waals surface area contributed by atoms with Crippen molar-refractivity contribution in [1.82, 2.24) is 0 Å². The molecule has 0 saturated heterocycles. The number of carboxylic acid groups (broad SMARTS) is 1. The molecule has 1 aliphatic rings. The molecule has 1 fully saturated rings. The van der Waals surface area contributed by atoms with Crippen LogP contribution in [-0.4, -0.2) is 37.0 Å². The van der Waals surface area contributed by atoms with E-state index in [2.05, 4.69) is 0 Å². The first kappa shape index (κ1) is 22.7. The molecule has 1 N–H and O–H groups in total. The SMILES string of the molecule is Cc1cccc(N(C(=O)OC[C@H]2CC[C@H](COCC(=O)O)CC2)c2cccc(F)c2)c1. The summed E-state index contributed by atoms with van der Waals surface area (Å²) in [5.74, 6) is -0.808. The van der Waals surface area contributed by atoms with E-state index in [1.54, 1.807) is 18.2 Å². The third-order valence-electron chi connectivity index (χ3n) is 5.50. The highest BCUT2D eigenvalue weighted by Gasteiger charge is 2.25. The highest BCUT2D eigenvalue weighted by Crippen LogP contribution is 2.31. The number of aliphatic carboxylic acids is 1. The zero-order valence-corrected chi connectivity index (χ0v) is 17.6. The normalized spacial score (nSPS) is 18.4. The number of nitrogens with zero attached hydrogens (tertiary/aromatic N) is 1. The van der Waals surface area contributed by atoms with Crippen LogP contribution in [0.1, 0.15) is 31.2 Å². The standard InChI is InChI=1S/C24H28FNO5/c1-17-4-2-6-21(12-17)26(22-7-3-5-20(25)13-22)24(29)31-15-19-10-8-18(9-11-19)14-30-16-23(27)28/h2-7,12-13,18-19H,8-11,14-16H2,1H3,(H,27,28)/t18-,19-. The van der Waals surface area contributed by atoms with Gasteiger partial charge in [-0.05, 0) is 80.3 Å². The van der Waals surface area contributed by atoms with E-state index in [9.17, 15) is 14.0 Å². The number of hydrogen-bond donors (Lipinski definition) is 1. The molecule has 0 bridgehead atoms. The van der Waals surface area contributed by atoms with E-state index in [0.29, 0.717) is 30.5 Å². The number of amides is 1. The van der Waals surface area contributed by atoms with Gasteiger partial charge in [-0.15, -0.1) is 0 Å². The first-order valence-corrected chi connectivity index (χ1v) is 10.5. The molecule has 6 nitrogen and oxygen atoms in total. The smallest absolute Gasteiger partial charge is 0.418 e. The first-order chi connectivity index (χ1) is 14.9. The predicted octanol–water partition coefficient (Wildman–Crippen LogP) is 5.32. The lowest BCUT2D eigenvalue weighted by molar-refractivity contribution is -0.142. The summed E-state index contributed by atoms with van der Waals surface area (Å²) >= 11 is 0. The van der Waals surface area contributed by atoms with Gasteiger partial charge in [-0.2, -0.15) is 0 Å². The van der Waals surface area contributed by atoms with E-state index in [-0.39, 0.29) is 12.5 Å². The summed E-state index contributed by atoms with van der Waals surface area (Å²) in [6.07, 6.45) is 3.06. The van der Waals surface area contributed by atoms with Gasteiger partial charge >= 0.3 is 12.1 Å². The Kier molecular flexibility index (Phi) is 8.00. The van der Waals surface area contributed by atoms with Crippen molar-refractivity contribution in [1.29, 1.82) is 0 Å². The number of hydrogen-bond acceptors (Lipinski definition) is 4. The zero-order valence-electron chi connectivity index (χ0n) is 17.6. The second-order valence-electron chi connectivity index (χ2n) is 8.03. The molecule has 7 heteroatoms. The fourth-order valence-corrected chi connectivity index (χ4v) is 3.87. The molecule has 31 heavy (non-hydrogen) atoms. The molecular formula is C24H28FNO5. The average molecular weight is 429 g/mol. The van der Waals surface area contributed by atoms with Crippen LogP contribution >= 0.6 is 0 Å². The number of carbonyl (C=O) groups excluding carboxylic acids is 1. The Morgan fingerprint density at radius 3 is 2.23 bits per heavy atom. The minimum Gasteiger partial charge on any atom is -0.480 e. The molecular weight excluding hydrogens is 401 g/mol. The second-order valence-corrected chi connectivity index (χ2v) is 8.03. The summed E-state index contributed by atoms with van der Waals surface area (Å²) in [5, 5.41) is 8.65. The predicted molar refractivity (Wildman–Crippen MR) is 115 cm³/mol. The molecule has 0 unspecified atom stereocenters. The molecule has 166 valence electrons. The minimum absolute atomic E-state index is 0.242. The Morgan fingerprint density at radius 2 is 1.61 bits per heavy atom. The monoisotopic (exact) mass is 429 g/mol. The lowest BCUT2D eigenvalue weighted by Crippen LogP contribution is -2.30. The van der Waals surface area contributed by atoms with Crippen molar-refractivity contribution in [3.05, 3.63) is 59.9 Å². The van der Waals surface area contributed by atoms with Crippen LogP contribution in [0.4, 0.5) is 20.6 Å². The molecule has 0 atom stereocenters. The summed E-state index contributed by atoms with van der Waals surface area (Å²) in [4.78, 5) is 24.9. The van der Waals surface area contributed by atoms with Gasteiger partial charge in [0.2, 0.25) is 0 Å².